The van der Waals surface area contributed by atoms with E-state index in [0.717, 1.165) is 11.1 Å². The highest BCUT2D eigenvalue weighted by atomic mass is 32.2. The number of nitrogens with zero attached hydrogens (tertiary/aromatic N) is 2. The Morgan fingerprint density at radius 2 is 1.95 bits per heavy atom. The van der Waals surface area contributed by atoms with Gasteiger partial charge in [0.05, 0.1) is 13.7 Å². The number of aryl methyl sites for hydroxylation is 3. The van der Waals surface area contributed by atoms with Crippen molar-refractivity contribution in [1.29, 1.82) is 0 Å². The lowest BCUT2D eigenvalue weighted by molar-refractivity contribution is 0.401. The summed E-state index contributed by atoms with van der Waals surface area (Å²) in [5.41, 5.74) is 1.88. The third kappa shape index (κ3) is 3.25. The van der Waals surface area contributed by atoms with Gasteiger partial charge in [0.2, 0.25) is 10.0 Å². The van der Waals surface area contributed by atoms with E-state index in [2.05, 4.69) is 9.71 Å². The van der Waals surface area contributed by atoms with Gasteiger partial charge in [-0.15, -0.1) is 0 Å². The highest BCUT2D eigenvalue weighted by Gasteiger charge is 2.21. The lowest BCUT2D eigenvalue weighted by atomic mass is 10.1. The van der Waals surface area contributed by atoms with Gasteiger partial charge in [0.1, 0.15) is 16.5 Å². The van der Waals surface area contributed by atoms with E-state index in [9.17, 15) is 8.42 Å². The number of benzene rings is 1. The number of ether oxygens (including phenoxy) is 1. The lowest BCUT2D eigenvalue weighted by Gasteiger charge is -2.13. The van der Waals surface area contributed by atoms with Crippen molar-refractivity contribution >= 4 is 10.0 Å². The Labute approximate surface area is 124 Å². The average Bonchev–Trinajstić information content (AvgIpc) is 2.84. The Bertz CT molecular complexity index is 751. The number of methoxy groups -OCH3 is 1. The molecule has 2 aromatic rings. The van der Waals surface area contributed by atoms with E-state index in [1.54, 1.807) is 29.1 Å². The van der Waals surface area contributed by atoms with Crippen LogP contribution >= 0.6 is 0 Å². The molecule has 2 rings (SSSR count). The zero-order chi connectivity index (χ0) is 15.6. The number of aromatic nitrogens is 2. The minimum atomic E-state index is -3.66. The summed E-state index contributed by atoms with van der Waals surface area (Å²) in [6.07, 6.45) is 3.39. The van der Waals surface area contributed by atoms with Gasteiger partial charge in [-0.1, -0.05) is 0 Å². The standard InChI is InChI=1S/C14H19N3O3S/c1-10-7-12(20-4)13(8-11(10)2)21(18,19)16-9-14-15-5-6-17(14)3/h5-8,16H,9H2,1-4H3. The van der Waals surface area contributed by atoms with Crippen molar-refractivity contribution in [1.82, 2.24) is 14.3 Å². The number of sulfonamides is 1. The molecule has 0 saturated heterocycles. The summed E-state index contributed by atoms with van der Waals surface area (Å²) in [6, 6.07) is 3.35. The highest BCUT2D eigenvalue weighted by molar-refractivity contribution is 7.89. The molecule has 0 aliphatic carbocycles. The van der Waals surface area contributed by atoms with E-state index in [1.165, 1.54) is 7.11 Å². The molecule has 0 aliphatic rings. The van der Waals surface area contributed by atoms with Crippen LogP contribution in [-0.4, -0.2) is 25.1 Å². The Kier molecular flexibility index (Phi) is 4.34. The van der Waals surface area contributed by atoms with Crippen LogP contribution in [0.25, 0.3) is 0 Å². The molecule has 0 amide bonds. The number of rotatable bonds is 5. The fourth-order valence-corrected chi connectivity index (χ4v) is 3.15. The van der Waals surface area contributed by atoms with Crippen LogP contribution < -0.4 is 9.46 Å². The Balaban J connectivity index is 2.31. The van der Waals surface area contributed by atoms with Gasteiger partial charge in [-0.05, 0) is 37.1 Å². The van der Waals surface area contributed by atoms with E-state index < -0.39 is 10.0 Å². The van der Waals surface area contributed by atoms with Gasteiger partial charge in [0, 0.05) is 19.4 Å². The molecule has 1 heterocycles. The van der Waals surface area contributed by atoms with Crippen molar-refractivity contribution in [3.05, 3.63) is 41.5 Å². The molecule has 0 atom stereocenters. The van der Waals surface area contributed by atoms with Crippen LogP contribution in [0.5, 0.6) is 5.75 Å². The molecule has 7 heteroatoms. The average molecular weight is 309 g/mol. The predicted molar refractivity (Wildman–Crippen MR) is 79.7 cm³/mol. The molecule has 1 N–H and O–H groups in total. The first-order chi connectivity index (χ1) is 9.85. The van der Waals surface area contributed by atoms with Gasteiger partial charge in [0.15, 0.2) is 0 Å². The first-order valence-electron chi connectivity index (χ1n) is 6.46. The molecule has 0 bridgehead atoms. The van der Waals surface area contributed by atoms with Crippen molar-refractivity contribution in [2.75, 3.05) is 7.11 Å². The summed E-state index contributed by atoms with van der Waals surface area (Å²) in [4.78, 5) is 4.23. The Morgan fingerprint density at radius 3 is 2.52 bits per heavy atom. The third-order valence-corrected chi connectivity index (χ3v) is 4.83. The summed E-state index contributed by atoms with van der Waals surface area (Å²) in [5.74, 6) is 0.979. The van der Waals surface area contributed by atoms with Crippen molar-refractivity contribution in [2.24, 2.45) is 7.05 Å². The van der Waals surface area contributed by atoms with Crippen LogP contribution in [0.15, 0.2) is 29.4 Å². The quantitative estimate of drug-likeness (QED) is 0.909. The van der Waals surface area contributed by atoms with Crippen LogP contribution in [0.1, 0.15) is 17.0 Å². The van der Waals surface area contributed by atoms with E-state index in [1.807, 2.05) is 20.9 Å². The maximum atomic E-state index is 12.5. The van der Waals surface area contributed by atoms with Crippen LogP contribution in [0.4, 0.5) is 0 Å². The van der Waals surface area contributed by atoms with Gasteiger partial charge in [0.25, 0.3) is 0 Å². The minimum absolute atomic E-state index is 0.127. The van der Waals surface area contributed by atoms with Crippen molar-refractivity contribution in [3.8, 4) is 5.75 Å². The Hall–Kier alpha value is -1.86. The molecule has 0 fully saturated rings. The van der Waals surface area contributed by atoms with E-state index in [0.29, 0.717) is 11.6 Å². The lowest BCUT2D eigenvalue weighted by Crippen LogP contribution is -2.25. The monoisotopic (exact) mass is 309 g/mol. The van der Waals surface area contributed by atoms with E-state index in [-0.39, 0.29) is 11.4 Å². The van der Waals surface area contributed by atoms with E-state index in [4.69, 9.17) is 4.74 Å². The number of imidazole rings is 1. The number of hydrogen-bond acceptors (Lipinski definition) is 4. The molecule has 21 heavy (non-hydrogen) atoms. The summed E-state index contributed by atoms with van der Waals surface area (Å²) >= 11 is 0. The number of hydrogen-bond donors (Lipinski definition) is 1. The summed E-state index contributed by atoms with van der Waals surface area (Å²) in [7, 11) is -0.391. The van der Waals surface area contributed by atoms with Crippen LogP contribution in [0, 0.1) is 13.8 Å². The molecule has 6 nitrogen and oxygen atoms in total. The molecular formula is C14H19N3O3S. The van der Waals surface area contributed by atoms with Crippen molar-refractivity contribution in [3.63, 3.8) is 0 Å². The van der Waals surface area contributed by atoms with Crippen molar-refractivity contribution in [2.45, 2.75) is 25.3 Å². The smallest absolute Gasteiger partial charge is 0.244 e. The highest BCUT2D eigenvalue weighted by Crippen LogP contribution is 2.27. The van der Waals surface area contributed by atoms with Gasteiger partial charge in [-0.2, -0.15) is 0 Å². The van der Waals surface area contributed by atoms with Gasteiger partial charge >= 0.3 is 0 Å². The van der Waals surface area contributed by atoms with Gasteiger partial charge in [-0.25, -0.2) is 18.1 Å². The molecule has 0 radical (unpaired) electrons. The molecule has 0 aliphatic heterocycles. The maximum absolute atomic E-state index is 12.5. The van der Waals surface area contributed by atoms with Crippen LogP contribution in [-0.2, 0) is 23.6 Å². The molecule has 0 unspecified atom stereocenters. The number of nitrogens with one attached hydrogen (secondary N) is 1. The zero-order valence-electron chi connectivity index (χ0n) is 12.5. The fourth-order valence-electron chi connectivity index (χ4n) is 1.94. The SMILES string of the molecule is COc1cc(C)c(C)cc1S(=O)(=O)NCc1nccn1C. The molecule has 1 aromatic carbocycles. The predicted octanol–water partition coefficient (Wildman–Crippen LogP) is 1.52. The summed E-state index contributed by atoms with van der Waals surface area (Å²) < 4.78 is 34.4. The molecular weight excluding hydrogens is 290 g/mol. The topological polar surface area (TPSA) is 73.2 Å². The third-order valence-electron chi connectivity index (χ3n) is 3.41. The second-order valence-electron chi connectivity index (χ2n) is 4.87. The molecule has 1 aromatic heterocycles. The molecule has 114 valence electrons. The molecule has 0 spiro atoms. The van der Waals surface area contributed by atoms with Crippen molar-refractivity contribution < 1.29 is 13.2 Å². The van der Waals surface area contributed by atoms with Gasteiger partial charge in [-0.3, -0.25) is 0 Å². The minimum Gasteiger partial charge on any atom is -0.495 e. The van der Waals surface area contributed by atoms with E-state index >= 15 is 0 Å². The summed E-state index contributed by atoms with van der Waals surface area (Å²) in [5, 5.41) is 0. The van der Waals surface area contributed by atoms with Crippen LogP contribution in [0.3, 0.4) is 0 Å². The second kappa shape index (κ2) is 5.87. The van der Waals surface area contributed by atoms with Crippen LogP contribution in [0.2, 0.25) is 0 Å². The van der Waals surface area contributed by atoms with Gasteiger partial charge < -0.3 is 9.30 Å². The largest absolute Gasteiger partial charge is 0.495 e. The first-order valence-corrected chi connectivity index (χ1v) is 7.94. The zero-order valence-corrected chi connectivity index (χ0v) is 13.4. The first kappa shape index (κ1) is 15.5. The Morgan fingerprint density at radius 1 is 1.29 bits per heavy atom. The second-order valence-corrected chi connectivity index (χ2v) is 6.60. The fraction of sp³-hybridized carbons (Fsp3) is 0.357. The summed E-state index contributed by atoms with van der Waals surface area (Å²) in [6.45, 7) is 3.91. The normalized spacial score (nSPS) is 11.6. The molecule has 0 saturated carbocycles. The maximum Gasteiger partial charge on any atom is 0.244 e.